The van der Waals surface area contributed by atoms with Gasteiger partial charge in [0, 0.05) is 25.5 Å². The molecule has 0 fully saturated rings. The molecule has 0 aliphatic heterocycles. The molecular weight excluding hydrogens is 331 g/mol. The molecule has 0 bridgehead atoms. The van der Waals surface area contributed by atoms with Crippen molar-refractivity contribution >= 4 is 50.1 Å². The number of halogens is 1. The Morgan fingerprint density at radius 2 is 2.11 bits per heavy atom. The van der Waals surface area contributed by atoms with Crippen molar-refractivity contribution in [1.82, 2.24) is 9.13 Å². The molecule has 19 heavy (non-hydrogen) atoms. The van der Waals surface area contributed by atoms with Crippen molar-refractivity contribution in [2.24, 2.45) is 7.05 Å². The van der Waals surface area contributed by atoms with Gasteiger partial charge in [-0.15, -0.1) is 11.3 Å². The van der Waals surface area contributed by atoms with Crippen molar-refractivity contribution < 1.29 is 5.11 Å². The average Bonchev–Trinajstić information content (AvgIpc) is 2.73. The van der Waals surface area contributed by atoms with E-state index in [1.54, 1.807) is 7.05 Å². The molecule has 2 rings (SSSR count). The number of thiophene rings is 1. The highest BCUT2D eigenvalue weighted by atomic mass is 79.9. The fourth-order valence-electron chi connectivity index (χ4n) is 1.97. The van der Waals surface area contributed by atoms with Gasteiger partial charge in [-0.1, -0.05) is 15.9 Å². The summed E-state index contributed by atoms with van der Waals surface area (Å²) < 4.78 is 3.12. The molecule has 0 aromatic carbocycles. The van der Waals surface area contributed by atoms with Gasteiger partial charge in [-0.2, -0.15) is 0 Å². The lowest BCUT2D eigenvalue weighted by molar-refractivity contribution is 0.277. The number of rotatable bonds is 4. The highest BCUT2D eigenvalue weighted by Gasteiger charge is 2.17. The van der Waals surface area contributed by atoms with Crippen LogP contribution in [0.1, 0.15) is 12.0 Å². The van der Waals surface area contributed by atoms with Crippen LogP contribution in [0.2, 0.25) is 0 Å². The quantitative estimate of drug-likeness (QED) is 0.620. The molecule has 2 radical (unpaired) electrons. The van der Waals surface area contributed by atoms with Gasteiger partial charge in [0.2, 0.25) is 0 Å². The first-order valence-corrected chi connectivity index (χ1v) is 7.64. The first kappa shape index (κ1) is 14.6. The minimum Gasteiger partial charge on any atom is -0.396 e. The van der Waals surface area contributed by atoms with Crippen LogP contribution in [0.25, 0.3) is 10.2 Å². The lowest BCUT2D eigenvalue weighted by Crippen LogP contribution is -2.39. The number of nitrogens with zero attached hydrogens (tertiary/aromatic N) is 2. The third-order valence-corrected chi connectivity index (χ3v) is 4.67. The van der Waals surface area contributed by atoms with E-state index >= 15 is 0 Å². The van der Waals surface area contributed by atoms with Crippen molar-refractivity contribution in [3.05, 3.63) is 26.4 Å². The summed E-state index contributed by atoms with van der Waals surface area (Å²) in [6.07, 6.45) is 0.365. The second-order valence-corrected chi connectivity index (χ2v) is 5.73. The molecule has 100 valence electrons. The van der Waals surface area contributed by atoms with Crippen LogP contribution >= 0.6 is 27.3 Å². The Morgan fingerprint density at radius 1 is 1.42 bits per heavy atom. The molecule has 5 nitrogen and oxygen atoms in total. The number of alkyl halides is 1. The van der Waals surface area contributed by atoms with Gasteiger partial charge in [-0.05, 0) is 16.8 Å². The molecule has 0 aliphatic carbocycles. The van der Waals surface area contributed by atoms with E-state index in [0.29, 0.717) is 26.7 Å². The number of aromatic nitrogens is 2. The zero-order valence-electron chi connectivity index (χ0n) is 10.4. The number of hydrogen-bond donors (Lipinski definition) is 1. The molecule has 0 amide bonds. The van der Waals surface area contributed by atoms with Crippen LogP contribution in [0.15, 0.2) is 9.59 Å². The Labute approximate surface area is 123 Å². The molecule has 0 unspecified atom stereocenters. The summed E-state index contributed by atoms with van der Waals surface area (Å²) in [6, 6.07) is 0. The molecule has 2 aromatic heterocycles. The van der Waals surface area contributed by atoms with Crippen LogP contribution in [-0.2, 0) is 18.9 Å². The van der Waals surface area contributed by atoms with Crippen molar-refractivity contribution in [3.63, 3.8) is 0 Å². The summed E-state index contributed by atoms with van der Waals surface area (Å²) in [7, 11) is 7.51. The normalized spacial score (nSPS) is 11.3. The molecule has 8 heteroatoms. The molecule has 0 saturated carbocycles. The monoisotopic (exact) mass is 342 g/mol. The molecule has 0 atom stereocenters. The van der Waals surface area contributed by atoms with Crippen LogP contribution in [0.3, 0.4) is 0 Å². The van der Waals surface area contributed by atoms with Gasteiger partial charge in [0.05, 0.1) is 5.39 Å². The average molecular weight is 343 g/mol. The smallest absolute Gasteiger partial charge is 0.331 e. The second kappa shape index (κ2) is 5.64. The van der Waals surface area contributed by atoms with Crippen molar-refractivity contribution in [3.8, 4) is 0 Å². The van der Waals surface area contributed by atoms with Gasteiger partial charge in [0.15, 0.2) is 0 Å². The van der Waals surface area contributed by atoms with Gasteiger partial charge in [-0.3, -0.25) is 13.9 Å². The van der Waals surface area contributed by atoms with E-state index in [2.05, 4.69) is 15.9 Å². The summed E-state index contributed by atoms with van der Waals surface area (Å²) in [4.78, 5) is 25.1. The van der Waals surface area contributed by atoms with Crippen molar-refractivity contribution in [1.29, 1.82) is 0 Å². The molecule has 2 aromatic rings. The van der Waals surface area contributed by atoms with E-state index in [0.717, 1.165) is 10.1 Å². The first-order valence-electron chi connectivity index (χ1n) is 5.70. The van der Waals surface area contributed by atoms with Crippen LogP contribution in [0.5, 0.6) is 0 Å². The maximum atomic E-state index is 12.4. The van der Waals surface area contributed by atoms with Crippen LogP contribution in [-0.4, -0.2) is 28.7 Å². The zero-order chi connectivity index (χ0) is 14.2. The summed E-state index contributed by atoms with van der Waals surface area (Å²) in [6.45, 7) is 0.139. The van der Waals surface area contributed by atoms with E-state index in [1.807, 2.05) is 0 Å². The molecule has 0 spiro atoms. The topological polar surface area (TPSA) is 64.2 Å². The number of hydrogen-bond acceptors (Lipinski definition) is 4. The zero-order valence-corrected chi connectivity index (χ0v) is 12.8. The maximum absolute atomic E-state index is 12.4. The fraction of sp³-hybridized carbons (Fsp3) is 0.455. The number of aliphatic hydroxyl groups is 1. The fourth-order valence-corrected chi connectivity index (χ4v) is 3.78. The number of fused-ring (bicyclic) bond motifs is 1. The van der Waals surface area contributed by atoms with Gasteiger partial charge in [0.25, 0.3) is 5.56 Å². The highest BCUT2D eigenvalue weighted by molar-refractivity contribution is 9.08. The van der Waals surface area contributed by atoms with Gasteiger partial charge in [-0.25, -0.2) is 4.79 Å². The molecule has 1 N–H and O–H groups in total. The minimum absolute atomic E-state index is 0.0648. The summed E-state index contributed by atoms with van der Waals surface area (Å²) in [5, 5.41) is 9.80. The van der Waals surface area contributed by atoms with Gasteiger partial charge < -0.3 is 5.11 Å². The molecule has 2 heterocycles. The second-order valence-electron chi connectivity index (χ2n) is 4.13. The van der Waals surface area contributed by atoms with E-state index in [9.17, 15) is 9.59 Å². The summed E-state index contributed by atoms with van der Waals surface area (Å²) in [5.41, 5.74) is 0.000575. The van der Waals surface area contributed by atoms with Crippen LogP contribution in [0.4, 0.5) is 0 Å². The van der Waals surface area contributed by atoms with E-state index in [-0.39, 0.29) is 24.4 Å². The Bertz CT molecular complexity index is 734. The predicted octanol–water partition coefficient (Wildman–Crippen LogP) is -0.167. The largest absolute Gasteiger partial charge is 0.396 e. The third kappa shape index (κ3) is 2.32. The Hall–Kier alpha value is -0.855. The molecule has 0 aliphatic rings. The lowest BCUT2D eigenvalue weighted by atomic mass is 10.0. The Morgan fingerprint density at radius 3 is 2.68 bits per heavy atom. The standard InChI is InChI=1S/C11H12BBrN2O3S/c1-14-10-7(6(5-13)8(12)19-10)9(17)15(11(14)18)3-2-4-16/h16H,2-5H2,1H3. The van der Waals surface area contributed by atoms with Crippen LogP contribution < -0.4 is 16.0 Å². The van der Waals surface area contributed by atoms with Gasteiger partial charge in [0.1, 0.15) is 12.7 Å². The lowest BCUT2D eigenvalue weighted by Gasteiger charge is -2.08. The SMILES string of the molecule is [B]c1sc2c(c1CBr)c(=O)n(CCCO)c(=O)n2C. The molecule has 0 saturated heterocycles. The van der Waals surface area contributed by atoms with Crippen LogP contribution in [0, 0.1) is 0 Å². The minimum atomic E-state index is -0.381. The van der Waals surface area contributed by atoms with E-state index < -0.39 is 0 Å². The third-order valence-electron chi connectivity index (χ3n) is 2.97. The summed E-state index contributed by atoms with van der Waals surface area (Å²) in [5.74, 6) is 0. The maximum Gasteiger partial charge on any atom is 0.331 e. The van der Waals surface area contributed by atoms with Gasteiger partial charge >= 0.3 is 5.69 Å². The highest BCUT2D eigenvalue weighted by Crippen LogP contribution is 2.20. The molecular formula is C11H12BBrN2O3S. The summed E-state index contributed by atoms with van der Waals surface area (Å²) >= 11 is 4.55. The van der Waals surface area contributed by atoms with Crippen molar-refractivity contribution in [2.45, 2.75) is 18.3 Å². The van der Waals surface area contributed by atoms with Crippen molar-refractivity contribution in [2.75, 3.05) is 6.61 Å². The van der Waals surface area contributed by atoms with E-state index in [1.165, 1.54) is 15.9 Å². The Kier molecular flexibility index (Phi) is 4.32. The number of aryl methyl sites for hydroxylation is 1. The predicted molar refractivity (Wildman–Crippen MR) is 81.0 cm³/mol. The Balaban J connectivity index is 2.86. The van der Waals surface area contributed by atoms with E-state index in [4.69, 9.17) is 13.0 Å². The number of aliphatic hydroxyl groups excluding tert-OH is 1. The first-order chi connectivity index (χ1) is 9.02.